The summed E-state index contributed by atoms with van der Waals surface area (Å²) in [6, 6.07) is 15.7. The number of phenols is 1. The quantitative estimate of drug-likeness (QED) is 0.721. The van der Waals surface area contributed by atoms with E-state index in [1.165, 1.54) is 10.5 Å². The third-order valence-corrected chi connectivity index (χ3v) is 4.12. The van der Waals surface area contributed by atoms with Gasteiger partial charge in [0.1, 0.15) is 5.75 Å². The van der Waals surface area contributed by atoms with Crippen LogP contribution < -0.4 is 0 Å². The predicted octanol–water partition coefficient (Wildman–Crippen LogP) is 4.23. The molecule has 0 spiro atoms. The first-order valence-electron chi connectivity index (χ1n) is 6.07. The average Bonchev–Trinajstić information content (AvgIpc) is 2.48. The normalized spacial score (nSPS) is 10.7. The molecule has 0 fully saturated rings. The number of nitrogens with zero attached hydrogens (tertiary/aromatic N) is 1. The van der Waals surface area contributed by atoms with Crippen molar-refractivity contribution in [2.24, 2.45) is 0 Å². The van der Waals surface area contributed by atoms with Gasteiger partial charge in [0.25, 0.3) is 0 Å². The molecule has 0 saturated carbocycles. The standard InChI is InChI=1S/C16H13NOS/c18-15-7-8-16(14-6-2-1-5-13(14)15)19-11-12-4-3-9-17-10-12/h1-10,18H,11H2. The van der Waals surface area contributed by atoms with Crippen molar-refractivity contribution in [2.75, 3.05) is 0 Å². The maximum absolute atomic E-state index is 9.86. The summed E-state index contributed by atoms with van der Waals surface area (Å²) in [7, 11) is 0. The molecule has 1 heterocycles. The highest BCUT2D eigenvalue weighted by molar-refractivity contribution is 7.98. The zero-order valence-corrected chi connectivity index (χ0v) is 11.1. The Bertz CT molecular complexity index is 697. The monoisotopic (exact) mass is 267 g/mol. The van der Waals surface area contributed by atoms with Gasteiger partial charge in [-0.25, -0.2) is 0 Å². The summed E-state index contributed by atoms with van der Waals surface area (Å²) in [5.74, 6) is 1.21. The fourth-order valence-corrected chi connectivity index (χ4v) is 3.02. The number of rotatable bonds is 3. The van der Waals surface area contributed by atoms with Crippen LogP contribution in [0.15, 0.2) is 65.8 Å². The summed E-state index contributed by atoms with van der Waals surface area (Å²) < 4.78 is 0. The van der Waals surface area contributed by atoms with Gasteiger partial charge in [0, 0.05) is 28.4 Å². The van der Waals surface area contributed by atoms with Crippen molar-refractivity contribution >= 4 is 22.5 Å². The van der Waals surface area contributed by atoms with Crippen molar-refractivity contribution in [3.05, 3.63) is 66.5 Å². The fourth-order valence-electron chi connectivity index (χ4n) is 2.03. The Hall–Kier alpha value is -2.00. The van der Waals surface area contributed by atoms with Crippen molar-refractivity contribution in [2.45, 2.75) is 10.6 Å². The highest BCUT2D eigenvalue weighted by Crippen LogP contribution is 2.34. The van der Waals surface area contributed by atoms with E-state index in [9.17, 15) is 5.11 Å². The molecule has 0 aliphatic carbocycles. The second-order valence-electron chi connectivity index (χ2n) is 4.28. The van der Waals surface area contributed by atoms with E-state index in [0.29, 0.717) is 5.75 Å². The van der Waals surface area contributed by atoms with Crippen molar-refractivity contribution < 1.29 is 5.11 Å². The lowest BCUT2D eigenvalue weighted by molar-refractivity contribution is 0.481. The number of benzene rings is 2. The van der Waals surface area contributed by atoms with Gasteiger partial charge in [-0.05, 0) is 29.1 Å². The van der Waals surface area contributed by atoms with Gasteiger partial charge in [-0.15, -0.1) is 11.8 Å². The molecule has 0 saturated heterocycles. The van der Waals surface area contributed by atoms with Gasteiger partial charge in [0.15, 0.2) is 0 Å². The fraction of sp³-hybridized carbons (Fsp3) is 0.0625. The van der Waals surface area contributed by atoms with Crippen LogP contribution in [-0.2, 0) is 5.75 Å². The minimum atomic E-state index is 0.335. The predicted molar refractivity (Wildman–Crippen MR) is 79.4 cm³/mol. The lowest BCUT2D eigenvalue weighted by Crippen LogP contribution is -1.83. The summed E-state index contributed by atoms with van der Waals surface area (Å²) in [5, 5.41) is 11.9. The number of fused-ring (bicyclic) bond motifs is 1. The third-order valence-electron chi connectivity index (χ3n) is 2.98. The Labute approximate surface area is 116 Å². The largest absolute Gasteiger partial charge is 0.507 e. The van der Waals surface area contributed by atoms with Crippen molar-refractivity contribution in [3.63, 3.8) is 0 Å². The second-order valence-corrected chi connectivity index (χ2v) is 5.30. The SMILES string of the molecule is Oc1ccc(SCc2cccnc2)c2ccccc12. The molecule has 0 aliphatic rings. The maximum atomic E-state index is 9.86. The lowest BCUT2D eigenvalue weighted by Gasteiger charge is -2.07. The van der Waals surface area contributed by atoms with Crippen LogP contribution in [0.3, 0.4) is 0 Å². The summed E-state index contributed by atoms with van der Waals surface area (Å²) in [4.78, 5) is 5.30. The van der Waals surface area contributed by atoms with Gasteiger partial charge in [-0.1, -0.05) is 30.3 Å². The number of aromatic nitrogens is 1. The maximum Gasteiger partial charge on any atom is 0.123 e. The molecule has 2 nitrogen and oxygen atoms in total. The van der Waals surface area contributed by atoms with E-state index < -0.39 is 0 Å². The topological polar surface area (TPSA) is 33.1 Å². The van der Waals surface area contributed by atoms with E-state index in [0.717, 1.165) is 16.5 Å². The first-order valence-corrected chi connectivity index (χ1v) is 7.05. The van der Waals surface area contributed by atoms with E-state index in [1.807, 2.05) is 42.6 Å². The van der Waals surface area contributed by atoms with Crippen LogP contribution in [0.2, 0.25) is 0 Å². The number of phenolic OH excluding ortho intramolecular Hbond substituents is 1. The van der Waals surface area contributed by atoms with Crippen LogP contribution in [0.4, 0.5) is 0 Å². The molecule has 3 rings (SSSR count). The average molecular weight is 267 g/mol. The molecule has 0 bridgehead atoms. The number of hydrogen-bond acceptors (Lipinski definition) is 3. The lowest BCUT2D eigenvalue weighted by atomic mass is 10.1. The molecule has 3 aromatic rings. The molecule has 0 atom stereocenters. The third kappa shape index (κ3) is 2.56. The van der Waals surface area contributed by atoms with Crippen LogP contribution in [0.5, 0.6) is 5.75 Å². The number of hydrogen-bond donors (Lipinski definition) is 1. The van der Waals surface area contributed by atoms with Crippen LogP contribution in [0.25, 0.3) is 10.8 Å². The zero-order chi connectivity index (χ0) is 13.1. The van der Waals surface area contributed by atoms with Crippen LogP contribution >= 0.6 is 11.8 Å². The van der Waals surface area contributed by atoms with E-state index in [1.54, 1.807) is 24.0 Å². The Balaban J connectivity index is 1.91. The van der Waals surface area contributed by atoms with E-state index >= 15 is 0 Å². The number of pyridine rings is 1. The van der Waals surface area contributed by atoms with Gasteiger partial charge in [-0.3, -0.25) is 4.98 Å². The Morgan fingerprint density at radius 3 is 2.58 bits per heavy atom. The molecule has 1 aromatic heterocycles. The zero-order valence-electron chi connectivity index (χ0n) is 10.3. The molecule has 94 valence electrons. The number of aromatic hydroxyl groups is 1. The molecule has 0 unspecified atom stereocenters. The minimum Gasteiger partial charge on any atom is -0.507 e. The van der Waals surface area contributed by atoms with E-state index in [4.69, 9.17) is 0 Å². The van der Waals surface area contributed by atoms with Gasteiger partial charge < -0.3 is 5.11 Å². The highest BCUT2D eigenvalue weighted by atomic mass is 32.2. The van der Waals surface area contributed by atoms with Crippen molar-refractivity contribution in [3.8, 4) is 5.75 Å². The van der Waals surface area contributed by atoms with Crippen molar-refractivity contribution in [1.82, 2.24) is 4.98 Å². The Morgan fingerprint density at radius 1 is 0.947 bits per heavy atom. The highest BCUT2D eigenvalue weighted by Gasteiger charge is 2.05. The van der Waals surface area contributed by atoms with E-state index in [2.05, 4.69) is 11.1 Å². The molecule has 19 heavy (non-hydrogen) atoms. The van der Waals surface area contributed by atoms with Crippen LogP contribution in [0, 0.1) is 0 Å². The minimum absolute atomic E-state index is 0.335. The van der Waals surface area contributed by atoms with Crippen molar-refractivity contribution in [1.29, 1.82) is 0 Å². The van der Waals surface area contributed by atoms with E-state index in [-0.39, 0.29) is 0 Å². The Kier molecular flexibility index (Phi) is 3.38. The molecule has 0 aliphatic heterocycles. The molecular weight excluding hydrogens is 254 g/mol. The van der Waals surface area contributed by atoms with Gasteiger partial charge in [0.05, 0.1) is 0 Å². The molecule has 0 radical (unpaired) electrons. The molecule has 3 heteroatoms. The summed E-state index contributed by atoms with van der Waals surface area (Å²) in [6.07, 6.45) is 3.67. The first kappa shape index (κ1) is 12.1. The Morgan fingerprint density at radius 2 is 1.79 bits per heavy atom. The summed E-state index contributed by atoms with van der Waals surface area (Å²) in [5.41, 5.74) is 1.20. The van der Waals surface area contributed by atoms with Gasteiger partial charge in [0.2, 0.25) is 0 Å². The summed E-state index contributed by atoms with van der Waals surface area (Å²) >= 11 is 1.76. The first-order chi connectivity index (χ1) is 9.34. The summed E-state index contributed by atoms with van der Waals surface area (Å²) in [6.45, 7) is 0. The molecule has 2 aromatic carbocycles. The second kappa shape index (κ2) is 5.33. The van der Waals surface area contributed by atoms with Gasteiger partial charge >= 0.3 is 0 Å². The van der Waals surface area contributed by atoms with Gasteiger partial charge in [-0.2, -0.15) is 0 Å². The molecule has 1 N–H and O–H groups in total. The number of thioether (sulfide) groups is 1. The smallest absolute Gasteiger partial charge is 0.123 e. The van der Waals surface area contributed by atoms with Crippen LogP contribution in [0.1, 0.15) is 5.56 Å². The molecular formula is C16H13NOS. The molecule has 0 amide bonds. The van der Waals surface area contributed by atoms with Crippen LogP contribution in [-0.4, -0.2) is 10.1 Å².